The number of hydrogen-bond acceptors (Lipinski definition) is 3. The van der Waals surface area contributed by atoms with Crippen molar-refractivity contribution in [1.29, 1.82) is 0 Å². The lowest BCUT2D eigenvalue weighted by atomic mass is 9.43. The normalized spacial score (nSPS) is 43.6. The first-order valence-corrected chi connectivity index (χ1v) is 13.4. The van der Waals surface area contributed by atoms with Gasteiger partial charge >= 0.3 is 0 Å². The molecule has 0 heterocycles. The molecule has 0 aliphatic heterocycles. The van der Waals surface area contributed by atoms with Crippen LogP contribution in [-0.2, 0) is 9.59 Å². The molecule has 4 aliphatic carbocycles. The lowest BCUT2D eigenvalue weighted by molar-refractivity contribution is -0.131. The van der Waals surface area contributed by atoms with Crippen LogP contribution in [0.4, 0.5) is 0 Å². The zero-order valence-corrected chi connectivity index (χ0v) is 22.1. The number of Topliss-reactive ketones (excluding diaryl/α,β-unsaturated/α-hetero) is 1. The Morgan fingerprint density at radius 3 is 2.48 bits per heavy atom. The SMILES string of the molecule is C/C(C=O)=C/CC[C@@H](C)[C@H]1CC[C@@]2(C)C3=C(C(=O)C[C@]12C)[C@@]1(C)CC[C@H](O)C(C)(C)[C@@H]1CC3. The van der Waals surface area contributed by atoms with Crippen LogP contribution in [0.25, 0.3) is 0 Å². The highest BCUT2D eigenvalue weighted by atomic mass is 16.3. The van der Waals surface area contributed by atoms with Crippen LogP contribution in [0.3, 0.4) is 0 Å². The van der Waals surface area contributed by atoms with Crippen molar-refractivity contribution >= 4 is 12.1 Å². The molecular weight excluding hydrogens is 408 g/mol. The van der Waals surface area contributed by atoms with Gasteiger partial charge in [-0.3, -0.25) is 9.59 Å². The Balaban J connectivity index is 1.68. The summed E-state index contributed by atoms with van der Waals surface area (Å²) in [7, 11) is 0. The van der Waals surface area contributed by atoms with Crippen LogP contribution < -0.4 is 0 Å². The van der Waals surface area contributed by atoms with Gasteiger partial charge < -0.3 is 5.11 Å². The Morgan fingerprint density at radius 2 is 1.82 bits per heavy atom. The highest BCUT2D eigenvalue weighted by molar-refractivity contribution is 6.00. The molecular formula is C30H46O3. The van der Waals surface area contributed by atoms with Crippen molar-refractivity contribution in [2.24, 2.45) is 39.4 Å². The molecule has 0 saturated heterocycles. The lowest BCUT2D eigenvalue weighted by Crippen LogP contribution is -2.57. The summed E-state index contributed by atoms with van der Waals surface area (Å²) in [6.45, 7) is 15.9. The molecule has 0 unspecified atom stereocenters. The second-order valence-electron chi connectivity index (χ2n) is 13.4. The quantitative estimate of drug-likeness (QED) is 0.365. The molecule has 0 amide bonds. The Morgan fingerprint density at radius 1 is 1.12 bits per heavy atom. The molecule has 0 aromatic carbocycles. The van der Waals surface area contributed by atoms with Gasteiger partial charge in [0.15, 0.2) is 5.78 Å². The number of ketones is 1. The minimum Gasteiger partial charge on any atom is -0.393 e. The van der Waals surface area contributed by atoms with E-state index in [9.17, 15) is 14.7 Å². The monoisotopic (exact) mass is 454 g/mol. The van der Waals surface area contributed by atoms with E-state index in [0.29, 0.717) is 30.0 Å². The highest BCUT2D eigenvalue weighted by Crippen LogP contribution is 2.71. The van der Waals surface area contributed by atoms with E-state index in [1.165, 1.54) is 24.0 Å². The molecule has 3 heteroatoms. The summed E-state index contributed by atoms with van der Waals surface area (Å²) in [6, 6.07) is 0. The van der Waals surface area contributed by atoms with Crippen molar-refractivity contribution in [3.63, 3.8) is 0 Å². The number of carbonyl (C=O) groups excluding carboxylic acids is 2. The number of allylic oxidation sites excluding steroid dienone is 4. The molecule has 1 N–H and O–H groups in total. The van der Waals surface area contributed by atoms with Gasteiger partial charge in [-0.15, -0.1) is 0 Å². The maximum atomic E-state index is 14.0. The Bertz CT molecular complexity index is 894. The van der Waals surface area contributed by atoms with Crippen molar-refractivity contribution in [3.05, 3.63) is 22.8 Å². The van der Waals surface area contributed by atoms with Gasteiger partial charge in [0, 0.05) is 12.0 Å². The number of aldehydes is 1. The summed E-state index contributed by atoms with van der Waals surface area (Å²) >= 11 is 0. The van der Waals surface area contributed by atoms with Gasteiger partial charge in [-0.2, -0.15) is 0 Å². The first-order valence-electron chi connectivity index (χ1n) is 13.4. The molecule has 2 saturated carbocycles. The number of rotatable bonds is 5. The van der Waals surface area contributed by atoms with Gasteiger partial charge in [0.1, 0.15) is 6.29 Å². The van der Waals surface area contributed by atoms with Crippen LogP contribution in [-0.4, -0.2) is 23.3 Å². The van der Waals surface area contributed by atoms with Gasteiger partial charge in [0.25, 0.3) is 0 Å². The van der Waals surface area contributed by atoms with Gasteiger partial charge in [-0.05, 0) is 103 Å². The molecule has 3 nitrogen and oxygen atoms in total. The van der Waals surface area contributed by atoms with Gasteiger partial charge in [-0.25, -0.2) is 0 Å². The first kappa shape index (κ1) is 24.9. The number of hydrogen-bond donors (Lipinski definition) is 1. The van der Waals surface area contributed by atoms with Crippen molar-refractivity contribution in [2.45, 2.75) is 112 Å². The summed E-state index contributed by atoms with van der Waals surface area (Å²) < 4.78 is 0. The molecule has 7 atom stereocenters. The predicted octanol–water partition coefficient (Wildman–Crippen LogP) is 6.84. The molecule has 4 aliphatic rings. The van der Waals surface area contributed by atoms with E-state index in [4.69, 9.17) is 0 Å². The average Bonchev–Trinajstić information content (AvgIpc) is 3.02. The van der Waals surface area contributed by atoms with E-state index in [1.54, 1.807) is 0 Å². The standard InChI is InChI=1S/C30H46O3/c1-19(18-31)9-8-10-20(2)21-13-16-29(6)22-11-12-24-27(3,4)25(33)14-15-28(24,5)26(22)23(32)17-30(21,29)7/h9,18,20-21,24-25,33H,8,10-17H2,1-7H3/b19-9-/t20-,21-,24+,25+,28+,29+,30-/m1/s1. The predicted molar refractivity (Wildman–Crippen MR) is 134 cm³/mol. The molecule has 0 aromatic heterocycles. The number of carbonyl (C=O) groups is 2. The maximum Gasteiger partial charge on any atom is 0.159 e. The van der Waals surface area contributed by atoms with E-state index in [1.807, 2.05) is 6.92 Å². The third kappa shape index (κ3) is 3.46. The second kappa shape index (κ2) is 8.18. The molecule has 4 rings (SSSR count). The third-order valence-corrected chi connectivity index (χ3v) is 11.5. The fourth-order valence-corrected chi connectivity index (χ4v) is 9.26. The Kier molecular flexibility index (Phi) is 6.17. The fourth-order valence-electron chi connectivity index (χ4n) is 9.26. The van der Waals surface area contributed by atoms with E-state index in [0.717, 1.165) is 50.4 Å². The minimum absolute atomic E-state index is 0.0125. The smallest absolute Gasteiger partial charge is 0.159 e. The van der Waals surface area contributed by atoms with E-state index in [2.05, 4.69) is 47.6 Å². The van der Waals surface area contributed by atoms with Gasteiger partial charge in [0.2, 0.25) is 0 Å². The highest BCUT2D eigenvalue weighted by Gasteiger charge is 2.65. The lowest BCUT2D eigenvalue weighted by Gasteiger charge is -2.61. The van der Waals surface area contributed by atoms with Crippen LogP contribution in [0.5, 0.6) is 0 Å². The first-order chi connectivity index (χ1) is 15.3. The molecule has 0 spiro atoms. The second-order valence-corrected chi connectivity index (χ2v) is 13.4. The van der Waals surface area contributed by atoms with Crippen LogP contribution in [0.2, 0.25) is 0 Å². The zero-order chi connectivity index (χ0) is 24.4. The maximum absolute atomic E-state index is 14.0. The van der Waals surface area contributed by atoms with Gasteiger partial charge in [-0.1, -0.05) is 53.2 Å². The number of fused-ring (bicyclic) bond motifs is 4. The summed E-state index contributed by atoms with van der Waals surface area (Å²) in [5.74, 6) is 1.85. The van der Waals surface area contributed by atoms with E-state index < -0.39 is 0 Å². The third-order valence-electron chi connectivity index (χ3n) is 11.5. The van der Waals surface area contributed by atoms with Crippen molar-refractivity contribution in [1.82, 2.24) is 0 Å². The number of aliphatic hydroxyl groups excluding tert-OH is 1. The van der Waals surface area contributed by atoms with E-state index in [-0.39, 0.29) is 27.8 Å². The molecule has 2 fully saturated rings. The summed E-state index contributed by atoms with van der Waals surface area (Å²) in [5.41, 5.74) is 3.34. The molecule has 0 bridgehead atoms. The average molecular weight is 455 g/mol. The van der Waals surface area contributed by atoms with Crippen molar-refractivity contribution < 1.29 is 14.7 Å². The fraction of sp³-hybridized carbons (Fsp3) is 0.800. The molecule has 0 radical (unpaired) electrons. The topological polar surface area (TPSA) is 54.4 Å². The van der Waals surface area contributed by atoms with E-state index >= 15 is 0 Å². The summed E-state index contributed by atoms with van der Waals surface area (Å²) in [6.07, 6.45) is 11.6. The number of aliphatic hydroxyl groups is 1. The van der Waals surface area contributed by atoms with Crippen molar-refractivity contribution in [3.8, 4) is 0 Å². The van der Waals surface area contributed by atoms with Crippen molar-refractivity contribution in [2.75, 3.05) is 0 Å². The Labute approximate surface area is 201 Å². The Hall–Kier alpha value is -1.22. The van der Waals surface area contributed by atoms with Crippen LogP contribution in [0.1, 0.15) is 106 Å². The molecule has 184 valence electrons. The van der Waals surface area contributed by atoms with Crippen LogP contribution in [0, 0.1) is 39.4 Å². The molecule has 33 heavy (non-hydrogen) atoms. The summed E-state index contributed by atoms with van der Waals surface area (Å²) in [4.78, 5) is 25.0. The van der Waals surface area contributed by atoms with Crippen LogP contribution in [0.15, 0.2) is 22.8 Å². The van der Waals surface area contributed by atoms with Gasteiger partial charge in [0.05, 0.1) is 6.10 Å². The van der Waals surface area contributed by atoms with Crippen LogP contribution >= 0.6 is 0 Å². The molecule has 0 aromatic rings. The zero-order valence-electron chi connectivity index (χ0n) is 22.1. The largest absolute Gasteiger partial charge is 0.393 e. The minimum atomic E-state index is -0.272. The summed E-state index contributed by atoms with van der Waals surface area (Å²) in [5, 5.41) is 10.8.